The number of aliphatic hydroxyl groups is 1. The molecule has 0 fully saturated rings. The van der Waals surface area contributed by atoms with Gasteiger partial charge in [0.15, 0.2) is 11.4 Å². The number of fused-ring (bicyclic) bond motifs is 1. The van der Waals surface area contributed by atoms with Crippen molar-refractivity contribution in [1.29, 1.82) is 0 Å². The van der Waals surface area contributed by atoms with Crippen molar-refractivity contribution < 1.29 is 14.7 Å². The van der Waals surface area contributed by atoms with Gasteiger partial charge < -0.3 is 10.0 Å². The fourth-order valence-corrected chi connectivity index (χ4v) is 4.10. The molecule has 1 heterocycles. The van der Waals surface area contributed by atoms with E-state index in [0.29, 0.717) is 29.3 Å². The molecule has 3 aromatic rings. The highest BCUT2D eigenvalue weighted by molar-refractivity contribution is 6.10. The lowest BCUT2D eigenvalue weighted by molar-refractivity contribution is -0.135. The number of amides is 1. The summed E-state index contributed by atoms with van der Waals surface area (Å²) in [5.74, 6) is -0.238. The van der Waals surface area contributed by atoms with Crippen molar-refractivity contribution in [2.75, 3.05) is 11.4 Å². The molecule has 3 aromatic carbocycles. The van der Waals surface area contributed by atoms with Crippen LogP contribution >= 0.6 is 0 Å². The average molecular weight is 414 g/mol. The Morgan fingerprint density at radius 1 is 0.903 bits per heavy atom. The summed E-state index contributed by atoms with van der Waals surface area (Å²) in [5.41, 5.74) is 1.95. The van der Waals surface area contributed by atoms with E-state index in [0.717, 1.165) is 17.5 Å². The van der Waals surface area contributed by atoms with Gasteiger partial charge in [0.2, 0.25) is 0 Å². The predicted octanol–water partition coefficient (Wildman–Crippen LogP) is 5.21. The van der Waals surface area contributed by atoms with Crippen molar-refractivity contribution in [3.63, 3.8) is 0 Å². The quantitative estimate of drug-likeness (QED) is 0.541. The minimum atomic E-state index is -1.83. The predicted molar refractivity (Wildman–Crippen MR) is 123 cm³/mol. The van der Waals surface area contributed by atoms with Gasteiger partial charge in [-0.3, -0.25) is 9.59 Å². The monoisotopic (exact) mass is 413 g/mol. The van der Waals surface area contributed by atoms with Gasteiger partial charge >= 0.3 is 0 Å². The number of benzene rings is 3. The number of carbonyl (C=O) groups is 2. The Balaban J connectivity index is 1.58. The Hall–Kier alpha value is -3.24. The Labute approximate surface area is 183 Å². The Morgan fingerprint density at radius 3 is 2.19 bits per heavy atom. The highest BCUT2D eigenvalue weighted by Crippen LogP contribution is 2.43. The van der Waals surface area contributed by atoms with Crippen LogP contribution in [0.25, 0.3) is 11.1 Å². The molecule has 158 valence electrons. The third-order valence-corrected chi connectivity index (χ3v) is 5.90. The molecule has 1 N–H and O–H groups in total. The first-order chi connectivity index (χ1) is 14.9. The maximum absolute atomic E-state index is 13.2. The van der Waals surface area contributed by atoms with E-state index < -0.39 is 11.5 Å². The van der Waals surface area contributed by atoms with Crippen LogP contribution in [0.4, 0.5) is 5.69 Å². The van der Waals surface area contributed by atoms with E-state index in [-0.39, 0.29) is 12.2 Å². The number of carbonyl (C=O) groups excluding carboxylic acids is 2. The smallest absolute Gasteiger partial charge is 0.264 e. The molecule has 4 rings (SSSR count). The molecular formula is C27H27NO3. The van der Waals surface area contributed by atoms with Gasteiger partial charge in [-0.05, 0) is 29.5 Å². The highest BCUT2D eigenvalue weighted by atomic mass is 16.3. The van der Waals surface area contributed by atoms with Gasteiger partial charge in [-0.25, -0.2) is 0 Å². The van der Waals surface area contributed by atoms with E-state index >= 15 is 0 Å². The number of Topliss-reactive ketones (excluding diaryl/α,β-unsaturated/α-hetero) is 1. The summed E-state index contributed by atoms with van der Waals surface area (Å²) in [6.07, 6.45) is 0.552. The zero-order valence-electron chi connectivity index (χ0n) is 17.9. The normalized spacial score (nSPS) is 17.8. The molecule has 0 bridgehead atoms. The number of ketones is 1. The lowest BCUT2D eigenvalue weighted by Crippen LogP contribution is -2.42. The third kappa shape index (κ3) is 4.04. The van der Waals surface area contributed by atoms with Crippen LogP contribution < -0.4 is 4.90 Å². The first-order valence-electron chi connectivity index (χ1n) is 10.7. The van der Waals surface area contributed by atoms with E-state index in [1.807, 2.05) is 54.6 Å². The van der Waals surface area contributed by atoms with Crippen LogP contribution in [-0.2, 0) is 10.4 Å². The molecule has 4 heteroatoms. The summed E-state index contributed by atoms with van der Waals surface area (Å²) < 4.78 is 0. The molecule has 0 unspecified atom stereocenters. The van der Waals surface area contributed by atoms with Crippen LogP contribution in [0.3, 0.4) is 0 Å². The van der Waals surface area contributed by atoms with Gasteiger partial charge in [0.05, 0.1) is 12.1 Å². The standard InChI is InChI=1S/C27H27NO3/c1-19(2)16-17-28-24-11-7-6-10-23(24)27(31,26(28)30)18-25(29)22-14-12-21(13-15-22)20-8-4-3-5-9-20/h3-15,19,31H,16-18H2,1-2H3/t27-/m0/s1. The van der Waals surface area contributed by atoms with Gasteiger partial charge in [-0.15, -0.1) is 0 Å². The fourth-order valence-electron chi connectivity index (χ4n) is 4.10. The summed E-state index contributed by atoms with van der Waals surface area (Å²) in [4.78, 5) is 27.9. The van der Waals surface area contributed by atoms with E-state index in [2.05, 4.69) is 13.8 Å². The minimum Gasteiger partial charge on any atom is -0.375 e. The van der Waals surface area contributed by atoms with Gasteiger partial charge in [-0.1, -0.05) is 86.6 Å². The fraction of sp³-hybridized carbons (Fsp3) is 0.259. The van der Waals surface area contributed by atoms with E-state index in [1.54, 1.807) is 29.2 Å². The molecule has 0 saturated heterocycles. The molecular weight excluding hydrogens is 386 g/mol. The molecule has 1 aliphatic rings. The zero-order chi connectivity index (χ0) is 22.0. The zero-order valence-corrected chi connectivity index (χ0v) is 17.9. The molecule has 1 atom stereocenters. The minimum absolute atomic E-state index is 0.254. The van der Waals surface area contributed by atoms with Crippen LogP contribution in [-0.4, -0.2) is 23.3 Å². The lowest BCUT2D eigenvalue weighted by atomic mass is 9.88. The maximum atomic E-state index is 13.2. The second-order valence-corrected chi connectivity index (χ2v) is 8.56. The number of hydrogen-bond donors (Lipinski definition) is 1. The summed E-state index contributed by atoms with van der Waals surface area (Å²) in [7, 11) is 0. The summed E-state index contributed by atoms with van der Waals surface area (Å²) in [6.45, 7) is 4.72. The van der Waals surface area contributed by atoms with Crippen molar-refractivity contribution in [1.82, 2.24) is 0 Å². The largest absolute Gasteiger partial charge is 0.375 e. The van der Waals surface area contributed by atoms with Gasteiger partial charge in [-0.2, -0.15) is 0 Å². The Bertz CT molecular complexity index is 1090. The lowest BCUT2D eigenvalue weighted by Gasteiger charge is -2.23. The van der Waals surface area contributed by atoms with Gasteiger partial charge in [0, 0.05) is 17.7 Å². The van der Waals surface area contributed by atoms with Crippen molar-refractivity contribution in [2.45, 2.75) is 32.3 Å². The number of para-hydroxylation sites is 1. The third-order valence-electron chi connectivity index (χ3n) is 5.90. The van der Waals surface area contributed by atoms with E-state index in [1.165, 1.54) is 0 Å². The van der Waals surface area contributed by atoms with Crippen LogP contribution in [0.1, 0.15) is 42.6 Å². The summed E-state index contributed by atoms with van der Waals surface area (Å²) in [6, 6.07) is 24.5. The van der Waals surface area contributed by atoms with Crippen molar-refractivity contribution in [3.05, 3.63) is 90.0 Å². The van der Waals surface area contributed by atoms with Gasteiger partial charge in [0.25, 0.3) is 5.91 Å². The Kier molecular flexibility index (Phi) is 5.75. The average Bonchev–Trinajstić information content (AvgIpc) is 2.99. The highest BCUT2D eigenvalue weighted by Gasteiger charge is 2.50. The second kappa shape index (κ2) is 8.48. The molecule has 0 aromatic heterocycles. The molecule has 0 saturated carbocycles. The van der Waals surface area contributed by atoms with Gasteiger partial charge in [0.1, 0.15) is 0 Å². The van der Waals surface area contributed by atoms with E-state index in [4.69, 9.17) is 0 Å². The van der Waals surface area contributed by atoms with E-state index in [9.17, 15) is 14.7 Å². The number of hydrogen-bond acceptors (Lipinski definition) is 3. The maximum Gasteiger partial charge on any atom is 0.264 e. The number of rotatable bonds is 7. The molecule has 1 amide bonds. The SMILES string of the molecule is CC(C)CCN1C(=O)[C@](O)(CC(=O)c2ccc(-c3ccccc3)cc2)c2ccccc21. The first kappa shape index (κ1) is 21.0. The molecule has 0 radical (unpaired) electrons. The molecule has 0 aliphatic carbocycles. The summed E-state index contributed by atoms with van der Waals surface area (Å²) >= 11 is 0. The van der Waals surface area contributed by atoms with Crippen LogP contribution in [0.5, 0.6) is 0 Å². The van der Waals surface area contributed by atoms with Crippen LogP contribution in [0, 0.1) is 5.92 Å². The number of anilines is 1. The molecule has 0 spiro atoms. The van der Waals surface area contributed by atoms with Crippen molar-refractivity contribution in [3.8, 4) is 11.1 Å². The number of nitrogens with zero attached hydrogens (tertiary/aromatic N) is 1. The summed E-state index contributed by atoms with van der Waals surface area (Å²) in [5, 5.41) is 11.4. The second-order valence-electron chi connectivity index (χ2n) is 8.56. The molecule has 4 nitrogen and oxygen atoms in total. The first-order valence-corrected chi connectivity index (χ1v) is 10.7. The van der Waals surface area contributed by atoms with Crippen LogP contribution in [0.15, 0.2) is 78.9 Å². The van der Waals surface area contributed by atoms with Crippen molar-refractivity contribution in [2.24, 2.45) is 5.92 Å². The molecule has 1 aliphatic heterocycles. The van der Waals surface area contributed by atoms with Crippen molar-refractivity contribution >= 4 is 17.4 Å². The molecule has 31 heavy (non-hydrogen) atoms. The topological polar surface area (TPSA) is 57.6 Å². The Morgan fingerprint density at radius 2 is 1.52 bits per heavy atom. The van der Waals surface area contributed by atoms with Crippen LogP contribution in [0.2, 0.25) is 0 Å².